The van der Waals surface area contributed by atoms with Crippen molar-refractivity contribution in [1.82, 2.24) is 19.6 Å². The van der Waals surface area contributed by atoms with Gasteiger partial charge in [0.15, 0.2) is 0 Å². The highest BCUT2D eigenvalue weighted by atomic mass is 16.4. The van der Waals surface area contributed by atoms with Crippen LogP contribution in [0.1, 0.15) is 25.1 Å². The molecule has 0 unspecified atom stereocenters. The summed E-state index contributed by atoms with van der Waals surface area (Å²) in [6, 6.07) is 8.37. The van der Waals surface area contributed by atoms with Crippen molar-refractivity contribution in [1.29, 1.82) is 0 Å². The summed E-state index contributed by atoms with van der Waals surface area (Å²) >= 11 is 0. The summed E-state index contributed by atoms with van der Waals surface area (Å²) in [4.78, 5) is 23.0. The minimum atomic E-state index is -1.13. The quantitative estimate of drug-likeness (QED) is 0.697. The van der Waals surface area contributed by atoms with Crippen LogP contribution in [0.5, 0.6) is 0 Å². The van der Waals surface area contributed by atoms with Crippen molar-refractivity contribution in [3.8, 4) is 5.69 Å². The van der Waals surface area contributed by atoms with Gasteiger partial charge in [0.1, 0.15) is 11.4 Å². The van der Waals surface area contributed by atoms with Crippen LogP contribution in [0, 0.1) is 5.92 Å². The number of carboxylic acid groups (broad SMARTS) is 1. The zero-order valence-corrected chi connectivity index (χ0v) is 15.2. The van der Waals surface area contributed by atoms with Crippen molar-refractivity contribution in [2.75, 3.05) is 5.32 Å². The van der Waals surface area contributed by atoms with E-state index in [2.05, 4.69) is 29.4 Å². The zero-order chi connectivity index (χ0) is 19.4. The first kappa shape index (κ1) is 18.4. The third-order valence-corrected chi connectivity index (χ3v) is 3.87. The topological polar surface area (TPSA) is 102 Å². The number of benzene rings is 1. The number of anilines is 1. The molecule has 2 heterocycles. The molecule has 27 heavy (non-hydrogen) atoms. The molecule has 2 N–H and O–H groups in total. The van der Waals surface area contributed by atoms with E-state index >= 15 is 0 Å². The lowest BCUT2D eigenvalue weighted by molar-refractivity contribution is 0.210. The minimum Gasteiger partial charge on any atom is -0.465 e. The largest absolute Gasteiger partial charge is 0.465 e. The SMILES string of the molecule is CC(C)Cn1cc(-n2ccc(=O)c(Cc3cccc(NC(=O)O)c3)n2)cn1. The molecule has 0 atom stereocenters. The van der Waals surface area contributed by atoms with Crippen molar-refractivity contribution in [2.24, 2.45) is 5.92 Å². The predicted octanol–water partition coefficient (Wildman–Crippen LogP) is 2.77. The maximum atomic E-state index is 12.2. The second kappa shape index (κ2) is 7.86. The first-order valence-electron chi connectivity index (χ1n) is 8.61. The van der Waals surface area contributed by atoms with Gasteiger partial charge in [-0.15, -0.1) is 0 Å². The molecule has 0 saturated carbocycles. The normalized spacial score (nSPS) is 10.9. The summed E-state index contributed by atoms with van der Waals surface area (Å²) in [5.74, 6) is 0.474. The molecule has 2 aromatic heterocycles. The van der Waals surface area contributed by atoms with Gasteiger partial charge in [0.25, 0.3) is 0 Å². The molecule has 0 aliphatic rings. The van der Waals surface area contributed by atoms with Gasteiger partial charge < -0.3 is 5.11 Å². The molecular weight excluding hydrogens is 346 g/mol. The molecule has 0 fully saturated rings. The maximum absolute atomic E-state index is 12.2. The molecule has 1 aromatic carbocycles. The standard InChI is InChI=1S/C19H21N5O3/c1-13(2)11-23-12-16(10-20-23)24-7-6-18(25)17(22-24)9-14-4-3-5-15(8-14)21-19(26)27/h3-8,10,12-13,21H,9,11H2,1-2H3,(H,26,27). The van der Waals surface area contributed by atoms with Crippen molar-refractivity contribution in [3.63, 3.8) is 0 Å². The van der Waals surface area contributed by atoms with Crippen molar-refractivity contribution in [2.45, 2.75) is 26.8 Å². The fourth-order valence-electron chi connectivity index (χ4n) is 2.73. The van der Waals surface area contributed by atoms with Crippen LogP contribution in [0.25, 0.3) is 5.69 Å². The Morgan fingerprint density at radius 3 is 2.85 bits per heavy atom. The van der Waals surface area contributed by atoms with Crippen LogP contribution in [-0.2, 0) is 13.0 Å². The molecule has 0 aliphatic heterocycles. The number of nitrogens with zero attached hydrogens (tertiary/aromatic N) is 4. The molecule has 0 spiro atoms. The summed E-state index contributed by atoms with van der Waals surface area (Å²) in [6.07, 6.45) is 4.38. The highest BCUT2D eigenvalue weighted by molar-refractivity contribution is 5.82. The Balaban J connectivity index is 1.85. The second-order valence-electron chi connectivity index (χ2n) is 6.69. The summed E-state index contributed by atoms with van der Waals surface area (Å²) in [5.41, 5.74) is 2.22. The van der Waals surface area contributed by atoms with E-state index in [1.165, 1.54) is 6.07 Å². The molecule has 3 rings (SSSR count). The first-order valence-corrected chi connectivity index (χ1v) is 8.61. The van der Waals surface area contributed by atoms with Crippen LogP contribution < -0.4 is 10.7 Å². The molecular formula is C19H21N5O3. The summed E-state index contributed by atoms with van der Waals surface area (Å²) in [6.45, 7) is 5.03. The van der Waals surface area contributed by atoms with Gasteiger partial charge in [0.2, 0.25) is 5.43 Å². The van der Waals surface area contributed by atoms with Crippen LogP contribution in [0.3, 0.4) is 0 Å². The van der Waals surface area contributed by atoms with E-state index in [0.717, 1.165) is 17.8 Å². The second-order valence-corrected chi connectivity index (χ2v) is 6.69. The fraction of sp³-hybridized carbons (Fsp3) is 0.263. The Morgan fingerprint density at radius 1 is 1.30 bits per heavy atom. The van der Waals surface area contributed by atoms with Crippen molar-refractivity contribution < 1.29 is 9.90 Å². The number of hydrogen-bond donors (Lipinski definition) is 2. The highest BCUT2D eigenvalue weighted by Gasteiger charge is 2.08. The molecule has 140 valence electrons. The van der Waals surface area contributed by atoms with E-state index in [-0.39, 0.29) is 5.43 Å². The predicted molar refractivity (Wildman–Crippen MR) is 101 cm³/mol. The van der Waals surface area contributed by atoms with Crippen molar-refractivity contribution in [3.05, 3.63) is 70.4 Å². The number of amides is 1. The van der Waals surface area contributed by atoms with Gasteiger partial charge in [-0.05, 0) is 23.6 Å². The van der Waals surface area contributed by atoms with Gasteiger partial charge in [-0.3, -0.25) is 14.8 Å². The van der Waals surface area contributed by atoms with Gasteiger partial charge in [0.05, 0.1) is 12.4 Å². The van der Waals surface area contributed by atoms with E-state index < -0.39 is 6.09 Å². The third kappa shape index (κ3) is 4.81. The Morgan fingerprint density at radius 2 is 2.11 bits per heavy atom. The minimum absolute atomic E-state index is 0.169. The lowest BCUT2D eigenvalue weighted by atomic mass is 10.1. The Hall–Kier alpha value is -3.42. The van der Waals surface area contributed by atoms with E-state index in [0.29, 0.717) is 23.7 Å². The zero-order valence-electron chi connectivity index (χ0n) is 15.2. The molecule has 1 amide bonds. The molecule has 0 bridgehead atoms. The number of rotatable bonds is 6. The summed E-state index contributed by atoms with van der Waals surface area (Å²) in [7, 11) is 0. The first-order chi connectivity index (χ1) is 12.9. The van der Waals surface area contributed by atoms with E-state index in [1.807, 2.05) is 16.9 Å². The smallest absolute Gasteiger partial charge is 0.409 e. The van der Waals surface area contributed by atoms with Crippen LogP contribution >= 0.6 is 0 Å². The van der Waals surface area contributed by atoms with Crippen LogP contribution in [0.2, 0.25) is 0 Å². The average Bonchev–Trinajstić information content (AvgIpc) is 3.04. The molecule has 8 heteroatoms. The van der Waals surface area contributed by atoms with Gasteiger partial charge in [0, 0.05) is 30.9 Å². The maximum Gasteiger partial charge on any atom is 0.409 e. The van der Waals surface area contributed by atoms with Gasteiger partial charge in [-0.1, -0.05) is 26.0 Å². The van der Waals surface area contributed by atoms with Gasteiger partial charge >= 0.3 is 6.09 Å². The fourth-order valence-corrected chi connectivity index (χ4v) is 2.73. The Bertz CT molecular complexity index is 1010. The van der Waals surface area contributed by atoms with E-state index in [1.54, 1.807) is 35.3 Å². The monoisotopic (exact) mass is 367 g/mol. The van der Waals surface area contributed by atoms with Crippen LogP contribution in [0.4, 0.5) is 10.5 Å². The lowest BCUT2D eigenvalue weighted by Crippen LogP contribution is -2.16. The number of aromatic nitrogens is 4. The van der Waals surface area contributed by atoms with Gasteiger partial charge in [-0.25, -0.2) is 9.48 Å². The Kier molecular flexibility index (Phi) is 5.35. The molecule has 0 radical (unpaired) electrons. The van der Waals surface area contributed by atoms with Crippen molar-refractivity contribution >= 4 is 11.8 Å². The van der Waals surface area contributed by atoms with Gasteiger partial charge in [-0.2, -0.15) is 10.2 Å². The summed E-state index contributed by atoms with van der Waals surface area (Å²) < 4.78 is 3.47. The molecule has 0 aliphatic carbocycles. The molecule has 3 aromatic rings. The molecule has 8 nitrogen and oxygen atoms in total. The third-order valence-electron chi connectivity index (χ3n) is 3.87. The van der Waals surface area contributed by atoms with E-state index in [4.69, 9.17) is 5.11 Å². The number of carbonyl (C=O) groups is 1. The molecule has 0 saturated heterocycles. The number of nitrogens with one attached hydrogen (secondary N) is 1. The lowest BCUT2D eigenvalue weighted by Gasteiger charge is -2.07. The van der Waals surface area contributed by atoms with Crippen LogP contribution in [0.15, 0.2) is 53.7 Å². The highest BCUT2D eigenvalue weighted by Crippen LogP contribution is 2.13. The summed E-state index contributed by atoms with van der Waals surface area (Å²) in [5, 5.41) is 19.9. The van der Waals surface area contributed by atoms with E-state index in [9.17, 15) is 9.59 Å². The Labute approximate surface area is 156 Å². The van der Waals surface area contributed by atoms with Crippen LogP contribution in [-0.4, -0.2) is 30.8 Å². The average molecular weight is 367 g/mol. The number of hydrogen-bond acceptors (Lipinski definition) is 4.